The standard InChI is InChI=1S/C7H3F3O2/c8-4-2-6(10)5(9)1-3(4)7(11)12/h1-2H,(H,11,12)/p-1. The van der Waals surface area contributed by atoms with E-state index < -0.39 is 29.0 Å². The van der Waals surface area contributed by atoms with E-state index in [1.165, 1.54) is 0 Å². The molecule has 1 aromatic carbocycles. The molecule has 2 nitrogen and oxygen atoms in total. The lowest BCUT2D eigenvalue weighted by molar-refractivity contribution is -0.255. The highest BCUT2D eigenvalue weighted by molar-refractivity contribution is 5.86. The number of carbonyl (C=O) groups is 1. The Morgan fingerprint density at radius 1 is 1.08 bits per heavy atom. The second-order valence-corrected chi connectivity index (χ2v) is 2.03. The normalized spacial score (nSPS) is 9.92. The molecule has 0 unspecified atom stereocenters. The first kappa shape index (κ1) is 8.58. The maximum atomic E-state index is 12.5. The molecular formula is C7H2F3O2-. The minimum atomic E-state index is -1.88. The van der Waals surface area contributed by atoms with E-state index in [0.29, 0.717) is 0 Å². The molecule has 0 amide bonds. The molecule has 0 saturated heterocycles. The number of aromatic carboxylic acids is 1. The van der Waals surface area contributed by atoms with Crippen molar-refractivity contribution >= 4 is 5.97 Å². The molecule has 5 heteroatoms. The minimum absolute atomic E-state index is 0.153. The average Bonchev–Trinajstić information content (AvgIpc) is 1.96. The largest absolute Gasteiger partial charge is 0.545 e. The molecule has 0 atom stereocenters. The highest BCUT2D eigenvalue weighted by Crippen LogP contribution is 2.12. The fourth-order valence-corrected chi connectivity index (χ4v) is 0.679. The number of hydrogen-bond donors (Lipinski definition) is 0. The smallest absolute Gasteiger partial charge is 0.161 e. The third-order valence-corrected chi connectivity index (χ3v) is 1.23. The van der Waals surface area contributed by atoms with Gasteiger partial charge >= 0.3 is 0 Å². The van der Waals surface area contributed by atoms with E-state index in [1.54, 1.807) is 0 Å². The molecular weight excluding hydrogens is 173 g/mol. The van der Waals surface area contributed by atoms with Gasteiger partial charge in [-0.25, -0.2) is 13.2 Å². The Morgan fingerprint density at radius 2 is 1.58 bits per heavy atom. The van der Waals surface area contributed by atoms with Crippen molar-refractivity contribution < 1.29 is 23.1 Å². The van der Waals surface area contributed by atoms with E-state index in [2.05, 4.69) is 0 Å². The van der Waals surface area contributed by atoms with Gasteiger partial charge in [0, 0.05) is 11.6 Å². The second-order valence-electron chi connectivity index (χ2n) is 2.03. The van der Waals surface area contributed by atoms with Gasteiger partial charge in [0.2, 0.25) is 0 Å². The Bertz CT molecular complexity index is 336. The lowest BCUT2D eigenvalue weighted by Gasteiger charge is -2.03. The van der Waals surface area contributed by atoms with Gasteiger partial charge in [-0.05, 0) is 6.07 Å². The van der Waals surface area contributed by atoms with Gasteiger partial charge in [-0.3, -0.25) is 0 Å². The third-order valence-electron chi connectivity index (χ3n) is 1.23. The summed E-state index contributed by atoms with van der Waals surface area (Å²) in [6, 6.07) is 0.389. The Hall–Kier alpha value is -1.52. The van der Waals surface area contributed by atoms with Crippen LogP contribution in [0.25, 0.3) is 0 Å². The zero-order valence-electron chi connectivity index (χ0n) is 5.61. The maximum absolute atomic E-state index is 12.5. The van der Waals surface area contributed by atoms with Crippen LogP contribution in [-0.4, -0.2) is 5.97 Å². The van der Waals surface area contributed by atoms with Gasteiger partial charge in [0.05, 0.1) is 5.97 Å². The van der Waals surface area contributed by atoms with Crippen LogP contribution in [0.3, 0.4) is 0 Å². The van der Waals surface area contributed by atoms with Gasteiger partial charge in [-0.15, -0.1) is 0 Å². The number of halogens is 3. The van der Waals surface area contributed by atoms with Crippen molar-refractivity contribution in [3.63, 3.8) is 0 Å². The van der Waals surface area contributed by atoms with Gasteiger partial charge in [-0.2, -0.15) is 0 Å². The highest BCUT2D eigenvalue weighted by Gasteiger charge is 2.09. The van der Waals surface area contributed by atoms with Crippen LogP contribution in [0.15, 0.2) is 12.1 Å². The maximum Gasteiger partial charge on any atom is 0.161 e. The Morgan fingerprint density at radius 3 is 2.08 bits per heavy atom. The summed E-state index contributed by atoms with van der Waals surface area (Å²) in [6.07, 6.45) is 0. The Balaban J connectivity index is 3.33. The topological polar surface area (TPSA) is 40.1 Å². The van der Waals surface area contributed by atoms with E-state index in [9.17, 15) is 23.1 Å². The van der Waals surface area contributed by atoms with Gasteiger partial charge in [0.15, 0.2) is 11.6 Å². The molecule has 1 aromatic rings. The van der Waals surface area contributed by atoms with E-state index in [0.717, 1.165) is 0 Å². The van der Waals surface area contributed by atoms with Crippen molar-refractivity contribution in [2.24, 2.45) is 0 Å². The summed E-state index contributed by atoms with van der Waals surface area (Å²) in [7, 11) is 0. The number of rotatable bonds is 1. The molecule has 12 heavy (non-hydrogen) atoms. The third kappa shape index (κ3) is 1.39. The van der Waals surface area contributed by atoms with Crippen LogP contribution in [-0.2, 0) is 0 Å². The molecule has 0 aromatic heterocycles. The second kappa shape index (κ2) is 2.84. The molecule has 0 spiro atoms. The Kier molecular flexibility index (Phi) is 2.03. The van der Waals surface area contributed by atoms with Crippen molar-refractivity contribution in [3.05, 3.63) is 35.1 Å². The predicted octanol–water partition coefficient (Wildman–Crippen LogP) is 0.467. The average molecular weight is 175 g/mol. The molecule has 0 heterocycles. The van der Waals surface area contributed by atoms with Crippen LogP contribution < -0.4 is 5.11 Å². The van der Waals surface area contributed by atoms with Crippen molar-refractivity contribution in [1.29, 1.82) is 0 Å². The number of carboxylic acid groups (broad SMARTS) is 1. The highest BCUT2D eigenvalue weighted by atomic mass is 19.2. The van der Waals surface area contributed by atoms with Crippen molar-refractivity contribution in [1.82, 2.24) is 0 Å². The van der Waals surface area contributed by atoms with E-state index in [4.69, 9.17) is 0 Å². The molecule has 0 bridgehead atoms. The lowest BCUT2D eigenvalue weighted by Crippen LogP contribution is -2.24. The first-order chi connectivity index (χ1) is 5.52. The molecule has 0 N–H and O–H groups in total. The summed E-state index contributed by atoms with van der Waals surface area (Å²) >= 11 is 0. The summed E-state index contributed by atoms with van der Waals surface area (Å²) < 4.78 is 36.9. The molecule has 64 valence electrons. The first-order valence-corrected chi connectivity index (χ1v) is 2.88. The molecule has 0 saturated carbocycles. The molecule has 0 aliphatic heterocycles. The number of hydrogen-bond acceptors (Lipinski definition) is 2. The summed E-state index contributed by atoms with van der Waals surface area (Å²) in [5, 5.41) is 10.0. The van der Waals surface area contributed by atoms with Crippen LogP contribution in [0.4, 0.5) is 13.2 Å². The summed E-state index contributed by atoms with van der Waals surface area (Å²) in [6.45, 7) is 0. The zero-order valence-corrected chi connectivity index (χ0v) is 5.61. The fourth-order valence-electron chi connectivity index (χ4n) is 0.679. The monoisotopic (exact) mass is 175 g/mol. The molecule has 0 aliphatic carbocycles. The number of carbonyl (C=O) groups excluding carboxylic acids is 1. The number of carboxylic acids is 1. The van der Waals surface area contributed by atoms with Crippen molar-refractivity contribution in [3.8, 4) is 0 Å². The van der Waals surface area contributed by atoms with Gasteiger partial charge in [-0.1, -0.05) is 0 Å². The quantitative estimate of drug-likeness (QED) is 0.582. The first-order valence-electron chi connectivity index (χ1n) is 2.88. The van der Waals surface area contributed by atoms with E-state index >= 15 is 0 Å². The van der Waals surface area contributed by atoms with Gasteiger partial charge < -0.3 is 9.90 Å². The van der Waals surface area contributed by atoms with Crippen LogP contribution in [0, 0.1) is 17.5 Å². The predicted molar refractivity (Wildman–Crippen MR) is 30.6 cm³/mol. The molecule has 0 fully saturated rings. The SMILES string of the molecule is O=C([O-])c1cc(F)c(F)cc1F. The van der Waals surface area contributed by atoms with Crippen molar-refractivity contribution in [2.75, 3.05) is 0 Å². The van der Waals surface area contributed by atoms with Crippen LogP contribution in [0.2, 0.25) is 0 Å². The number of benzene rings is 1. The lowest BCUT2D eigenvalue weighted by atomic mass is 10.2. The molecule has 1 rings (SSSR count). The summed E-state index contributed by atoms with van der Waals surface area (Å²) in [5.74, 6) is -6.09. The molecule has 0 radical (unpaired) electrons. The van der Waals surface area contributed by atoms with E-state index in [-0.39, 0.29) is 12.1 Å². The minimum Gasteiger partial charge on any atom is -0.545 e. The van der Waals surface area contributed by atoms with E-state index in [1.807, 2.05) is 0 Å². The van der Waals surface area contributed by atoms with Gasteiger partial charge in [0.1, 0.15) is 5.82 Å². The van der Waals surface area contributed by atoms with Crippen LogP contribution >= 0.6 is 0 Å². The van der Waals surface area contributed by atoms with Crippen LogP contribution in [0.5, 0.6) is 0 Å². The fraction of sp³-hybridized carbons (Fsp3) is 0. The Labute approximate surface area is 65.2 Å². The molecule has 0 aliphatic rings. The zero-order chi connectivity index (χ0) is 9.30. The van der Waals surface area contributed by atoms with Gasteiger partial charge in [0.25, 0.3) is 0 Å². The van der Waals surface area contributed by atoms with Crippen LogP contribution in [0.1, 0.15) is 10.4 Å². The summed E-state index contributed by atoms with van der Waals surface area (Å²) in [5.41, 5.74) is -0.992. The van der Waals surface area contributed by atoms with Crippen molar-refractivity contribution in [2.45, 2.75) is 0 Å². The summed E-state index contributed by atoms with van der Waals surface area (Å²) in [4.78, 5) is 10.0.